The van der Waals surface area contributed by atoms with E-state index < -0.39 is 0 Å². The molecule has 1 aliphatic heterocycles. The van der Waals surface area contributed by atoms with E-state index in [2.05, 4.69) is 61.6 Å². The predicted octanol–water partition coefficient (Wildman–Crippen LogP) is 6.46. The van der Waals surface area contributed by atoms with Crippen LogP contribution in [0, 0.1) is 30.6 Å². The number of hydrogen-bond donors (Lipinski definition) is 1. The van der Waals surface area contributed by atoms with Crippen molar-refractivity contribution in [1.82, 2.24) is 9.62 Å². The molecule has 1 N–H and O–H groups in total. The fraction of sp³-hybridized carbons (Fsp3) is 0.606. The zero-order chi connectivity index (χ0) is 30.0. The van der Waals surface area contributed by atoms with Crippen LogP contribution in [0.2, 0.25) is 0 Å². The smallest absolute Gasteiger partial charge is 0.293 e. The van der Waals surface area contributed by atoms with Gasteiger partial charge < -0.3 is 24.3 Å². The fourth-order valence-corrected chi connectivity index (χ4v) is 6.41. The highest BCUT2D eigenvalue weighted by Gasteiger charge is 2.47. The summed E-state index contributed by atoms with van der Waals surface area (Å²) in [4.78, 5) is 11.7. The molecule has 5 atom stereocenters. The summed E-state index contributed by atoms with van der Waals surface area (Å²) in [6, 6.07) is 18.5. The molecule has 2 fully saturated rings. The number of carbonyl (C=O) groups excluding carboxylic acids is 1. The Morgan fingerprint density at radius 1 is 1.07 bits per heavy atom. The van der Waals surface area contributed by atoms with Gasteiger partial charge in [0.2, 0.25) is 0 Å². The van der Waals surface area contributed by atoms with Crippen LogP contribution >= 0.6 is 11.9 Å². The van der Waals surface area contributed by atoms with Crippen molar-refractivity contribution >= 4 is 18.4 Å². The molecule has 2 aliphatic rings. The third-order valence-electron chi connectivity index (χ3n) is 7.37. The molecule has 5 unspecified atom stereocenters. The van der Waals surface area contributed by atoms with Gasteiger partial charge in [0, 0.05) is 36.9 Å². The molecule has 2 aromatic rings. The van der Waals surface area contributed by atoms with Gasteiger partial charge in [-0.2, -0.15) is 0 Å². The van der Waals surface area contributed by atoms with Gasteiger partial charge in [-0.3, -0.25) is 4.79 Å². The van der Waals surface area contributed by atoms with E-state index in [0.717, 1.165) is 38.2 Å². The first-order chi connectivity index (χ1) is 19.8. The predicted molar refractivity (Wildman–Crippen MR) is 168 cm³/mol. The van der Waals surface area contributed by atoms with Gasteiger partial charge >= 0.3 is 0 Å². The molecular weight excluding hydrogens is 536 g/mol. The number of hydrogen-bond acceptors (Lipinski definition) is 8. The van der Waals surface area contributed by atoms with E-state index in [-0.39, 0.29) is 12.4 Å². The summed E-state index contributed by atoms with van der Waals surface area (Å²) in [5.41, 5.74) is 1.32. The Balaban J connectivity index is 0.000000236. The highest BCUT2D eigenvalue weighted by Crippen LogP contribution is 2.42. The molecule has 41 heavy (non-hydrogen) atoms. The molecule has 230 valence electrons. The number of aryl methyl sites for hydroxylation is 1. The molecule has 1 saturated carbocycles. The van der Waals surface area contributed by atoms with Crippen LogP contribution in [0.15, 0.2) is 59.5 Å². The van der Waals surface area contributed by atoms with E-state index in [9.17, 15) is 4.79 Å². The number of fused-ring (bicyclic) bond motifs is 1. The maximum atomic E-state index is 10.5. The van der Waals surface area contributed by atoms with Crippen molar-refractivity contribution in [3.05, 3.63) is 60.2 Å². The normalized spacial score (nSPS) is 23.1. The van der Waals surface area contributed by atoms with Gasteiger partial charge in [-0.25, -0.2) is 4.31 Å². The van der Waals surface area contributed by atoms with E-state index in [1.807, 2.05) is 49.3 Å². The van der Waals surface area contributed by atoms with Gasteiger partial charge in [0.15, 0.2) is 6.29 Å². The van der Waals surface area contributed by atoms with Crippen molar-refractivity contribution in [2.45, 2.75) is 64.2 Å². The highest BCUT2D eigenvalue weighted by molar-refractivity contribution is 7.97. The minimum absolute atomic E-state index is 0.00130. The number of carbonyl (C=O) groups is 1. The Labute approximate surface area is 252 Å². The molecule has 0 radical (unpaired) electrons. The first-order valence-electron chi connectivity index (χ1n) is 14.8. The lowest BCUT2D eigenvalue weighted by atomic mass is 9.73. The zero-order valence-electron chi connectivity index (χ0n) is 26.1. The molecule has 1 saturated heterocycles. The van der Waals surface area contributed by atoms with Crippen LogP contribution in [0.25, 0.3) is 0 Å². The quantitative estimate of drug-likeness (QED) is 0.172. The van der Waals surface area contributed by atoms with E-state index in [4.69, 9.17) is 18.9 Å². The highest BCUT2D eigenvalue weighted by atomic mass is 32.2. The largest absolute Gasteiger partial charge is 0.497 e. The van der Waals surface area contributed by atoms with Crippen LogP contribution in [0.5, 0.6) is 5.75 Å². The lowest BCUT2D eigenvalue weighted by Gasteiger charge is -2.36. The maximum Gasteiger partial charge on any atom is 0.293 e. The first-order valence-corrected chi connectivity index (χ1v) is 15.6. The molecule has 1 heterocycles. The molecular formula is C33H52N2O5S. The number of nitrogens with one attached hydrogen (secondary N) is 1. The Morgan fingerprint density at radius 2 is 1.78 bits per heavy atom. The van der Waals surface area contributed by atoms with E-state index in [1.165, 1.54) is 16.9 Å². The summed E-state index contributed by atoms with van der Waals surface area (Å²) < 4.78 is 23.7. The van der Waals surface area contributed by atoms with Crippen LogP contribution in [0.1, 0.15) is 45.6 Å². The average molecular weight is 589 g/mol. The summed E-state index contributed by atoms with van der Waals surface area (Å²) in [5.74, 6) is 2.71. The third kappa shape index (κ3) is 12.7. The van der Waals surface area contributed by atoms with E-state index in [1.54, 1.807) is 14.2 Å². The Kier molecular flexibility index (Phi) is 17.1. The molecule has 2 aromatic carbocycles. The molecule has 8 heteroatoms. The standard InChI is InChI=1S/C15H26N2OS.C11H18O4.C7H8/c1-13(2)12-17(11-5-10-16-3)19-15-8-6-14(18-4)7-9-15;1-7-3-4-8-9(10(7)15-6-12)5-14-11(8)13-2;1-7-5-3-2-4-6-7/h6-9,13,16H,5,10-12H2,1-4H3;6-11H,3-5H2,1-2H3;2-6H,1H3. The number of rotatable bonds is 12. The van der Waals surface area contributed by atoms with Crippen LogP contribution < -0.4 is 10.1 Å². The number of benzene rings is 2. The SMILES string of the molecule is CNCCCN(CC(C)C)Sc1ccc(OC)cc1.COC1OCC2C1CCC(C)C2OC=O.Cc1ccccc1. The van der Waals surface area contributed by atoms with Crippen molar-refractivity contribution in [2.24, 2.45) is 23.7 Å². The van der Waals surface area contributed by atoms with Crippen LogP contribution in [0.4, 0.5) is 0 Å². The van der Waals surface area contributed by atoms with Gasteiger partial charge in [0.1, 0.15) is 11.9 Å². The molecule has 0 bridgehead atoms. The summed E-state index contributed by atoms with van der Waals surface area (Å²) in [6.45, 7) is 13.2. The molecule has 0 aromatic heterocycles. The van der Waals surface area contributed by atoms with Crippen molar-refractivity contribution in [1.29, 1.82) is 0 Å². The van der Waals surface area contributed by atoms with Crippen molar-refractivity contribution in [2.75, 3.05) is 47.5 Å². The number of methoxy groups -OCH3 is 2. The summed E-state index contributed by atoms with van der Waals surface area (Å²) in [6.07, 6.45) is 3.24. The van der Waals surface area contributed by atoms with Gasteiger partial charge in [-0.15, -0.1) is 0 Å². The lowest BCUT2D eigenvalue weighted by molar-refractivity contribution is -0.144. The molecule has 7 nitrogen and oxygen atoms in total. The van der Waals surface area contributed by atoms with Gasteiger partial charge in [-0.05, 0) is 87.8 Å². The molecule has 0 amide bonds. The zero-order valence-corrected chi connectivity index (χ0v) is 26.9. The van der Waals surface area contributed by atoms with E-state index >= 15 is 0 Å². The molecule has 4 rings (SSSR count). The Morgan fingerprint density at radius 3 is 2.32 bits per heavy atom. The van der Waals surface area contributed by atoms with Gasteiger partial charge in [0.05, 0.1) is 13.7 Å². The first kappa shape index (κ1) is 35.1. The second-order valence-electron chi connectivity index (χ2n) is 11.2. The van der Waals surface area contributed by atoms with Gasteiger partial charge in [-0.1, -0.05) is 56.7 Å². The van der Waals surface area contributed by atoms with Crippen molar-refractivity contribution in [3.8, 4) is 5.75 Å². The molecule has 1 aliphatic carbocycles. The number of nitrogens with zero attached hydrogens (tertiary/aromatic N) is 1. The third-order valence-corrected chi connectivity index (χ3v) is 8.45. The van der Waals surface area contributed by atoms with Crippen LogP contribution in [-0.4, -0.2) is 70.7 Å². The Hall–Kier alpha value is -2.10. The van der Waals surface area contributed by atoms with E-state index in [0.29, 0.717) is 36.8 Å². The summed E-state index contributed by atoms with van der Waals surface area (Å²) in [5, 5.41) is 3.20. The molecule has 0 spiro atoms. The maximum absolute atomic E-state index is 10.5. The fourth-order valence-electron chi connectivity index (χ4n) is 5.26. The minimum Gasteiger partial charge on any atom is -0.497 e. The van der Waals surface area contributed by atoms with Crippen molar-refractivity contribution < 1.29 is 23.7 Å². The lowest BCUT2D eigenvalue weighted by Crippen LogP contribution is -2.40. The van der Waals surface area contributed by atoms with Crippen LogP contribution in [-0.2, 0) is 19.0 Å². The second-order valence-corrected chi connectivity index (χ2v) is 12.3. The van der Waals surface area contributed by atoms with Gasteiger partial charge in [0.25, 0.3) is 6.47 Å². The minimum atomic E-state index is -0.111. The second kappa shape index (κ2) is 19.9. The Bertz CT molecular complexity index is 946. The summed E-state index contributed by atoms with van der Waals surface area (Å²) in [7, 11) is 5.37. The number of ether oxygens (including phenoxy) is 4. The van der Waals surface area contributed by atoms with Crippen molar-refractivity contribution in [3.63, 3.8) is 0 Å². The topological polar surface area (TPSA) is 69.3 Å². The average Bonchev–Trinajstić information content (AvgIpc) is 3.39. The monoisotopic (exact) mass is 588 g/mol. The summed E-state index contributed by atoms with van der Waals surface area (Å²) >= 11 is 1.84. The van der Waals surface area contributed by atoms with Crippen LogP contribution in [0.3, 0.4) is 0 Å².